The number of ether oxygens (including phenoxy) is 3. The van der Waals surface area contributed by atoms with Crippen LogP contribution in [-0.2, 0) is 16.2 Å². The molecule has 0 aromatic heterocycles. The smallest absolute Gasteiger partial charge is 1.00 e. The van der Waals surface area contributed by atoms with Gasteiger partial charge in [0, 0.05) is 42.9 Å². The van der Waals surface area contributed by atoms with Crippen molar-refractivity contribution in [3.05, 3.63) is 160 Å². The van der Waals surface area contributed by atoms with Crippen LogP contribution in [0.4, 0.5) is 5.69 Å². The van der Waals surface area contributed by atoms with Crippen LogP contribution in [0.1, 0.15) is 82.3 Å². The molecule has 73 heavy (non-hydrogen) atoms. The third-order valence-corrected chi connectivity index (χ3v) is 11.5. The quantitative estimate of drug-likeness (QED) is 0.0315. The molecule has 1 amide bonds. The van der Waals surface area contributed by atoms with Crippen LogP contribution in [0.15, 0.2) is 109 Å². The zero-order valence-electron chi connectivity index (χ0n) is 42.3. The number of methoxy groups -OCH3 is 3. The van der Waals surface area contributed by atoms with Gasteiger partial charge in [-0.25, -0.2) is 0 Å². The molecule has 1 saturated heterocycles. The van der Waals surface area contributed by atoms with Crippen LogP contribution in [0.5, 0.6) is 17.2 Å². The number of aryl methyl sites for hydroxylation is 3. The second-order valence-electron chi connectivity index (χ2n) is 16.3. The summed E-state index contributed by atoms with van der Waals surface area (Å²) in [5, 5.41) is 45.2. The van der Waals surface area contributed by atoms with Crippen molar-refractivity contribution in [1.82, 2.24) is 10.4 Å². The molecule has 5 aromatic rings. The molecule has 13 nitrogen and oxygen atoms in total. The Morgan fingerprint density at radius 2 is 1.38 bits per heavy atom. The minimum absolute atomic E-state index is 0. The molecule has 1 heterocycles. The van der Waals surface area contributed by atoms with Crippen molar-refractivity contribution in [3.63, 3.8) is 0 Å². The molecule has 1 aliphatic rings. The topological polar surface area (TPSA) is 170 Å². The Morgan fingerprint density at radius 1 is 0.836 bits per heavy atom. The molecule has 0 bridgehead atoms. The average molecular weight is 1070 g/mol. The summed E-state index contributed by atoms with van der Waals surface area (Å²) in [6.45, 7) is 8.41. The molecule has 1 fully saturated rings. The molecule has 2 unspecified atom stereocenters. The second-order valence-corrected chi connectivity index (χ2v) is 16.3. The van der Waals surface area contributed by atoms with E-state index >= 15 is 0 Å². The van der Waals surface area contributed by atoms with E-state index in [1.807, 2.05) is 101 Å². The van der Waals surface area contributed by atoms with Gasteiger partial charge in [0.15, 0.2) is 0 Å². The van der Waals surface area contributed by atoms with Crippen molar-refractivity contribution in [2.45, 2.75) is 78.5 Å². The number of hydrogen-bond donors (Lipinski definition) is 5. The number of nitrogens with one attached hydrogen (secondary N) is 1. The number of terminal acetylenes is 2. The summed E-state index contributed by atoms with van der Waals surface area (Å²) in [4.78, 5) is 32.0. The number of carbonyl (C=O) groups is 2. The maximum atomic E-state index is 13.5. The van der Waals surface area contributed by atoms with E-state index in [1.165, 1.54) is 0 Å². The van der Waals surface area contributed by atoms with Crippen LogP contribution in [0.2, 0.25) is 0 Å². The number of aliphatic hydroxyl groups excluding tert-OH is 4. The largest absolute Gasteiger partial charge is 2.00 e. The number of carbonyl (C=O) groups excluding carboxylic acids is 2. The number of anilines is 1. The molecular weight excluding hydrogens is 1000 g/mol. The predicted molar refractivity (Wildman–Crippen MR) is 285 cm³/mol. The molecule has 15 heteroatoms. The Bertz CT molecular complexity index is 2560. The van der Waals surface area contributed by atoms with E-state index in [9.17, 15) is 30.0 Å². The van der Waals surface area contributed by atoms with Crippen LogP contribution < -0.4 is 41.4 Å². The summed E-state index contributed by atoms with van der Waals surface area (Å²) in [6.07, 6.45) is 12.3. The maximum Gasteiger partial charge on any atom is 2.00 e. The first-order valence-electron chi connectivity index (χ1n) is 22.5. The first kappa shape index (κ1) is 67.1. The first-order valence-corrected chi connectivity index (χ1v) is 22.5. The van der Waals surface area contributed by atoms with Crippen molar-refractivity contribution < 1.29 is 66.0 Å². The van der Waals surface area contributed by atoms with Crippen LogP contribution >= 0.6 is 0 Å². The van der Waals surface area contributed by atoms with E-state index in [0.29, 0.717) is 29.0 Å². The number of nitrogens with zero attached hydrogens (tertiary/aromatic N) is 2. The number of rotatable bonds is 16. The van der Waals surface area contributed by atoms with E-state index in [2.05, 4.69) is 34.4 Å². The predicted octanol–water partition coefficient (Wildman–Crippen LogP) is 4.16. The fraction of sp³-hybridized carbons (Fsp3) is 0.345. The summed E-state index contributed by atoms with van der Waals surface area (Å²) < 4.78 is 15.3. The summed E-state index contributed by atoms with van der Waals surface area (Å²) in [6, 6.07) is 32.9. The van der Waals surface area contributed by atoms with Crippen LogP contribution in [0.3, 0.4) is 0 Å². The van der Waals surface area contributed by atoms with Gasteiger partial charge in [-0.15, -0.1) is 6.42 Å². The Labute approximate surface area is 460 Å². The molecule has 6 atom stereocenters. The molecule has 6 rings (SSSR count). The third kappa shape index (κ3) is 20.5. The molecule has 0 aliphatic carbocycles. The zero-order chi connectivity index (χ0) is 51.8. The second kappa shape index (κ2) is 35.3. The van der Waals surface area contributed by atoms with E-state index in [0.717, 1.165) is 64.3 Å². The SMILES string of the molecule is C.C#CC(O)c1ccc(OC)cc1C.COc1ccc(C(O)C#Cc2cccc(CN3O[C@H](CO)[C@H]([C@@H](C)O)[C@@H]3C(=O)NCCCN(C)c3ccccc3)c2)c(C)c1.COc1ccc(C=O)c(C)c1.[Br-].[C-]#C.[Mg+2]. The van der Waals surface area contributed by atoms with E-state index in [-0.39, 0.29) is 66.5 Å². The summed E-state index contributed by atoms with van der Waals surface area (Å²) in [5.41, 5.74) is 7.56. The Hall–Kier alpha value is -5.87. The number of aldehydes is 1. The number of benzene rings is 5. The monoisotopic (exact) mass is 1070 g/mol. The molecule has 386 valence electrons. The summed E-state index contributed by atoms with van der Waals surface area (Å²) in [5.74, 6) is 9.63. The number of aliphatic hydroxyl groups is 4. The molecule has 1 aliphatic heterocycles. The Balaban J connectivity index is 0.00000146. The number of hydroxylamine groups is 2. The average Bonchev–Trinajstić information content (AvgIpc) is 3.76. The van der Waals surface area contributed by atoms with Crippen molar-refractivity contribution >= 4 is 40.9 Å². The van der Waals surface area contributed by atoms with Crippen LogP contribution in [0, 0.1) is 63.7 Å². The van der Waals surface area contributed by atoms with Crippen LogP contribution in [-0.4, -0.2) is 127 Å². The van der Waals surface area contributed by atoms with Crippen molar-refractivity contribution in [2.75, 3.05) is 53.0 Å². The van der Waals surface area contributed by atoms with Gasteiger partial charge in [0.05, 0.1) is 40.6 Å². The third-order valence-electron chi connectivity index (χ3n) is 11.5. The molecule has 0 spiro atoms. The maximum absolute atomic E-state index is 13.5. The standard InChI is InChI=1S/C35H43N3O6.C11H12O2.C9H10O2.C2H.CH4.BrH.Mg/c1-24-20-29(43-4)15-16-30(24)31(41)17-14-26-10-8-11-27(21-26)22-38-34(33(25(2)40)32(23-39)44-38)35(42)36-18-9-19-37(3)28-12-6-5-7-13-28;1-4-11(12)10-6-5-9(13-3)7-8(10)2;1-7-5-9(11-2)4-3-8(7)6-10;1-2;;;/h5-8,10-13,15-16,20-21,25,31-34,39-41H,9,18-19,22-23H2,1-4H3,(H,36,42);1,5-7,11-12H,2-3H3;3-6H,1-2H3;1H;1H4;1H;/q;;;-1;;;+2/p-1/t25-,31?,32-,33+,34-;;;;;;/m1....../s1. The fourth-order valence-electron chi connectivity index (χ4n) is 7.64. The van der Waals surface area contributed by atoms with Gasteiger partial charge in [-0.05, 0) is 134 Å². The van der Waals surface area contributed by atoms with E-state index in [4.69, 9.17) is 31.9 Å². The molecule has 5 aromatic carbocycles. The van der Waals surface area contributed by atoms with Gasteiger partial charge in [0.2, 0.25) is 5.91 Å². The number of hydrogen-bond acceptors (Lipinski definition) is 12. The Kier molecular flexibility index (Phi) is 32.5. The zero-order valence-corrected chi connectivity index (χ0v) is 45.3. The first-order chi connectivity index (χ1) is 33.7. The molecule has 5 N–H and O–H groups in total. The van der Waals surface area contributed by atoms with Crippen LogP contribution in [0.25, 0.3) is 0 Å². The normalized spacial score (nSPS) is 15.3. The molecule has 0 radical (unpaired) electrons. The molecule has 0 saturated carbocycles. The number of para-hydroxylation sites is 1. The number of halogens is 1. The minimum Gasteiger partial charge on any atom is -1.00 e. The van der Waals surface area contributed by atoms with Crippen molar-refractivity contribution in [1.29, 1.82) is 0 Å². The fourth-order valence-corrected chi connectivity index (χ4v) is 7.64. The van der Waals surface area contributed by atoms with Gasteiger partial charge in [-0.1, -0.05) is 67.7 Å². The van der Waals surface area contributed by atoms with Gasteiger partial charge in [0.1, 0.15) is 47.9 Å². The summed E-state index contributed by atoms with van der Waals surface area (Å²) >= 11 is 0. The van der Waals surface area contributed by atoms with Gasteiger partial charge < -0.3 is 74.7 Å². The number of amides is 1. The van der Waals surface area contributed by atoms with E-state index in [1.54, 1.807) is 69.7 Å². The van der Waals surface area contributed by atoms with Crippen molar-refractivity contribution in [3.8, 4) is 47.9 Å². The van der Waals surface area contributed by atoms with Gasteiger partial charge in [0.25, 0.3) is 0 Å². The van der Waals surface area contributed by atoms with Gasteiger partial charge >= 0.3 is 23.1 Å². The minimum atomic E-state index is -0.968. The Morgan fingerprint density at radius 3 is 1.88 bits per heavy atom. The van der Waals surface area contributed by atoms with E-state index < -0.39 is 36.4 Å². The van der Waals surface area contributed by atoms with Gasteiger partial charge in [-0.3, -0.25) is 14.4 Å². The van der Waals surface area contributed by atoms with Gasteiger partial charge in [-0.2, -0.15) is 5.06 Å². The summed E-state index contributed by atoms with van der Waals surface area (Å²) in [7, 11) is 6.82. The van der Waals surface area contributed by atoms with Crippen molar-refractivity contribution in [2.24, 2.45) is 5.92 Å². The molecular formula is C58H70BrMgN3O10.